The van der Waals surface area contributed by atoms with E-state index in [0.717, 1.165) is 17.2 Å². The summed E-state index contributed by atoms with van der Waals surface area (Å²) in [4.78, 5) is 7.31. The fraction of sp³-hybridized carbons (Fsp3) is 0.500. The van der Waals surface area contributed by atoms with Gasteiger partial charge in [0.05, 0.1) is 17.0 Å². The van der Waals surface area contributed by atoms with Crippen LogP contribution in [0.2, 0.25) is 0 Å². The third kappa shape index (κ3) is 1.07. The summed E-state index contributed by atoms with van der Waals surface area (Å²) < 4.78 is 0. The van der Waals surface area contributed by atoms with Crippen molar-refractivity contribution in [2.24, 2.45) is 11.8 Å². The Hall–Kier alpha value is -1.05. The monoisotopic (exact) mass is 164 g/mol. The van der Waals surface area contributed by atoms with Gasteiger partial charge in [0.25, 0.3) is 0 Å². The van der Waals surface area contributed by atoms with E-state index in [4.69, 9.17) is 0 Å². The van der Waals surface area contributed by atoms with Gasteiger partial charge in [-0.05, 0) is 18.3 Å². The average molecular weight is 164 g/mol. The van der Waals surface area contributed by atoms with Crippen LogP contribution < -0.4 is 10.7 Å². The van der Waals surface area contributed by atoms with Gasteiger partial charge in [-0.15, -0.1) is 0 Å². The molecule has 1 saturated carbocycles. The van der Waals surface area contributed by atoms with Gasteiger partial charge in [0.15, 0.2) is 0 Å². The van der Waals surface area contributed by atoms with Gasteiger partial charge < -0.3 is 4.98 Å². The number of nitrogens with zero attached hydrogens (tertiary/aromatic N) is 1. The molecule has 66 valence electrons. The van der Waals surface area contributed by atoms with Crippen molar-refractivity contribution < 1.29 is 1.43 Å². The first-order chi connectivity index (χ1) is 5.93. The highest BCUT2D eigenvalue weighted by Gasteiger charge is 2.34. The normalized spacial score (nSPS) is 28.2. The molecular formula is C10H16N2. The Kier molecular flexibility index (Phi) is 1.75. The Morgan fingerprint density at radius 3 is 3.00 bits per heavy atom. The second-order valence-electron chi connectivity index (χ2n) is 3.10. The Bertz CT molecular complexity index is 345. The van der Waals surface area contributed by atoms with Crippen LogP contribution in [0.5, 0.6) is 0 Å². The number of H-pyrrole nitrogens is 1. The maximum absolute atomic E-state index is 4.19. The summed E-state index contributed by atoms with van der Waals surface area (Å²) in [6, 6.07) is 0. The van der Waals surface area contributed by atoms with Crippen molar-refractivity contribution in [1.82, 2.24) is 9.97 Å². The van der Waals surface area contributed by atoms with Gasteiger partial charge in [-0.2, -0.15) is 0 Å². The molecule has 2 atom stereocenters. The number of imidazole rings is 1. The van der Waals surface area contributed by atoms with Gasteiger partial charge in [0.1, 0.15) is 0 Å². The van der Waals surface area contributed by atoms with Crippen molar-refractivity contribution in [3.63, 3.8) is 0 Å². The van der Waals surface area contributed by atoms with Crippen molar-refractivity contribution in [1.29, 1.82) is 0 Å². The molecule has 0 spiro atoms. The van der Waals surface area contributed by atoms with E-state index in [1.54, 1.807) is 6.33 Å². The van der Waals surface area contributed by atoms with Gasteiger partial charge in [-0.1, -0.05) is 26.0 Å². The molecule has 1 N–H and O–H groups in total. The standard InChI is InChI=1S/C8H8N2.C2H6.H2/c1-5-2-7-8(3-6(1)5)10-4-9-7;1-2;/h2-6H,1H2,(H,9,10);1-2H3;1H. The Labute approximate surface area is 73.5 Å². The largest absolute Gasteiger partial charge is 0.345 e. The van der Waals surface area contributed by atoms with Crippen LogP contribution in [0.25, 0.3) is 12.2 Å². The lowest BCUT2D eigenvalue weighted by Gasteiger charge is -1.89. The minimum absolute atomic E-state index is 0. The molecule has 12 heavy (non-hydrogen) atoms. The number of rotatable bonds is 0. The summed E-state index contributed by atoms with van der Waals surface area (Å²) in [6.07, 6.45) is 7.68. The lowest BCUT2D eigenvalue weighted by atomic mass is 10.2. The predicted molar refractivity (Wildman–Crippen MR) is 51.8 cm³/mol. The summed E-state index contributed by atoms with van der Waals surface area (Å²) in [5.41, 5.74) is 0. The second-order valence-corrected chi connectivity index (χ2v) is 3.10. The first-order valence-electron chi connectivity index (χ1n) is 4.66. The number of hydrogen-bond donors (Lipinski definition) is 1. The fourth-order valence-electron chi connectivity index (χ4n) is 1.62. The Morgan fingerprint density at radius 2 is 2.17 bits per heavy atom. The molecule has 0 saturated heterocycles. The first-order valence-corrected chi connectivity index (χ1v) is 4.66. The van der Waals surface area contributed by atoms with Crippen molar-refractivity contribution in [3.8, 4) is 0 Å². The third-order valence-electron chi connectivity index (χ3n) is 2.34. The number of aromatic nitrogens is 2. The highest BCUT2D eigenvalue weighted by atomic mass is 14.9. The first kappa shape index (κ1) is 7.59. The quantitative estimate of drug-likeness (QED) is 0.606. The molecule has 2 aliphatic carbocycles. The molecule has 2 aliphatic rings. The topological polar surface area (TPSA) is 28.7 Å². The Morgan fingerprint density at radius 1 is 1.42 bits per heavy atom. The molecule has 2 heteroatoms. The number of hydrogen-bond acceptors (Lipinski definition) is 1. The number of fused-ring (bicyclic) bond motifs is 2. The van der Waals surface area contributed by atoms with E-state index in [2.05, 4.69) is 22.1 Å². The second kappa shape index (κ2) is 2.77. The van der Waals surface area contributed by atoms with Crippen molar-refractivity contribution in [2.45, 2.75) is 20.3 Å². The highest BCUT2D eigenvalue weighted by Crippen LogP contribution is 2.41. The highest BCUT2D eigenvalue weighted by molar-refractivity contribution is 5.46. The molecule has 1 fully saturated rings. The zero-order valence-electron chi connectivity index (χ0n) is 7.54. The molecule has 3 rings (SSSR count). The van der Waals surface area contributed by atoms with E-state index in [1.165, 1.54) is 11.8 Å². The van der Waals surface area contributed by atoms with Gasteiger partial charge >= 0.3 is 0 Å². The van der Waals surface area contributed by atoms with Crippen LogP contribution in [0, 0.1) is 11.8 Å². The predicted octanol–water partition coefficient (Wildman–Crippen LogP) is 0.893. The van der Waals surface area contributed by atoms with E-state index in [1.807, 2.05) is 13.8 Å². The molecule has 2 nitrogen and oxygen atoms in total. The molecule has 0 bridgehead atoms. The molecule has 0 amide bonds. The summed E-state index contributed by atoms with van der Waals surface area (Å²) in [5, 5.41) is 2.37. The van der Waals surface area contributed by atoms with Gasteiger partial charge in [0, 0.05) is 1.43 Å². The van der Waals surface area contributed by atoms with Crippen LogP contribution in [0.1, 0.15) is 21.7 Å². The van der Waals surface area contributed by atoms with E-state index < -0.39 is 0 Å². The molecule has 1 heterocycles. The summed E-state index contributed by atoms with van der Waals surface area (Å²) in [6.45, 7) is 4.00. The molecule has 1 aromatic heterocycles. The maximum Gasteiger partial charge on any atom is 0.0931 e. The van der Waals surface area contributed by atoms with Gasteiger partial charge in [0.2, 0.25) is 0 Å². The Balaban J connectivity index is 0.000000266. The van der Waals surface area contributed by atoms with Crippen LogP contribution >= 0.6 is 0 Å². The number of nitrogens with one attached hydrogen (secondary N) is 1. The fourth-order valence-corrected chi connectivity index (χ4v) is 1.62. The SMILES string of the molecule is C1=c2nc[nH]c2=CC2CC12.CC.[HH]. The summed E-state index contributed by atoms with van der Waals surface area (Å²) in [7, 11) is 0. The van der Waals surface area contributed by atoms with Gasteiger partial charge in [-0.25, -0.2) is 4.98 Å². The van der Waals surface area contributed by atoms with E-state index in [0.29, 0.717) is 0 Å². The smallest absolute Gasteiger partial charge is 0.0931 e. The van der Waals surface area contributed by atoms with E-state index in [-0.39, 0.29) is 1.43 Å². The molecule has 0 aliphatic heterocycles. The van der Waals surface area contributed by atoms with Crippen LogP contribution in [0.3, 0.4) is 0 Å². The average Bonchev–Trinajstić information content (AvgIpc) is 2.72. The molecule has 0 radical (unpaired) electrons. The van der Waals surface area contributed by atoms with Crippen LogP contribution in [0.4, 0.5) is 0 Å². The maximum atomic E-state index is 4.19. The molecule has 0 aromatic carbocycles. The zero-order valence-corrected chi connectivity index (χ0v) is 7.54. The van der Waals surface area contributed by atoms with Crippen LogP contribution in [-0.4, -0.2) is 9.97 Å². The van der Waals surface area contributed by atoms with Crippen molar-refractivity contribution in [3.05, 3.63) is 17.0 Å². The lowest BCUT2D eigenvalue weighted by molar-refractivity contribution is 1.04. The molecule has 2 unspecified atom stereocenters. The lowest BCUT2D eigenvalue weighted by Crippen LogP contribution is -2.26. The van der Waals surface area contributed by atoms with Crippen LogP contribution in [-0.2, 0) is 0 Å². The summed E-state index contributed by atoms with van der Waals surface area (Å²) in [5.74, 6) is 1.64. The van der Waals surface area contributed by atoms with Crippen molar-refractivity contribution >= 4 is 12.2 Å². The van der Waals surface area contributed by atoms with Crippen LogP contribution in [0.15, 0.2) is 6.33 Å². The minimum atomic E-state index is 0. The van der Waals surface area contributed by atoms with Gasteiger partial charge in [-0.3, -0.25) is 0 Å². The van der Waals surface area contributed by atoms with E-state index >= 15 is 0 Å². The van der Waals surface area contributed by atoms with E-state index in [9.17, 15) is 0 Å². The minimum Gasteiger partial charge on any atom is -0.345 e. The summed E-state index contributed by atoms with van der Waals surface area (Å²) >= 11 is 0. The molecular weight excluding hydrogens is 148 g/mol. The number of aromatic amines is 1. The van der Waals surface area contributed by atoms with Crippen molar-refractivity contribution in [2.75, 3.05) is 0 Å². The zero-order chi connectivity index (χ0) is 8.55. The molecule has 1 aromatic rings. The third-order valence-corrected chi connectivity index (χ3v) is 2.34.